The van der Waals surface area contributed by atoms with Crippen LogP contribution < -0.4 is 4.74 Å². The highest BCUT2D eigenvalue weighted by molar-refractivity contribution is 7.98. The number of hydrogen-bond acceptors (Lipinski definition) is 5. The zero-order valence-electron chi connectivity index (χ0n) is 11.5. The van der Waals surface area contributed by atoms with E-state index in [4.69, 9.17) is 13.9 Å². The van der Waals surface area contributed by atoms with E-state index in [9.17, 15) is 4.39 Å². The maximum absolute atomic E-state index is 13.8. The number of hydrogen-bond donors (Lipinski definition) is 0. The van der Waals surface area contributed by atoms with Crippen molar-refractivity contribution in [3.05, 3.63) is 53.3 Å². The lowest BCUT2D eigenvalue weighted by molar-refractivity contribution is -0.0187. The Morgan fingerprint density at radius 2 is 2.09 bits per heavy atom. The Labute approximate surface area is 130 Å². The fourth-order valence-corrected chi connectivity index (χ4v) is 3.19. The maximum Gasteiger partial charge on any atom is 0.257 e. The molecule has 0 unspecified atom stereocenters. The van der Waals surface area contributed by atoms with E-state index >= 15 is 0 Å². The topological polar surface area (TPSA) is 44.5 Å². The molecular formula is C16H12FNO3S. The fourth-order valence-electron chi connectivity index (χ4n) is 2.38. The van der Waals surface area contributed by atoms with Crippen LogP contribution in [0, 0.1) is 5.82 Å². The molecule has 4 nitrogen and oxygen atoms in total. The zero-order chi connectivity index (χ0) is 14.9. The first-order chi connectivity index (χ1) is 10.8. The summed E-state index contributed by atoms with van der Waals surface area (Å²) in [4.78, 5) is 4.41. The van der Waals surface area contributed by atoms with E-state index in [1.54, 1.807) is 6.07 Å². The minimum absolute atomic E-state index is 0.150. The molecule has 0 atom stereocenters. The highest BCUT2D eigenvalue weighted by atomic mass is 32.2. The van der Waals surface area contributed by atoms with Crippen molar-refractivity contribution < 1.29 is 18.3 Å². The van der Waals surface area contributed by atoms with Crippen molar-refractivity contribution in [2.24, 2.45) is 0 Å². The summed E-state index contributed by atoms with van der Waals surface area (Å²) in [7, 11) is 0. The predicted molar refractivity (Wildman–Crippen MR) is 80.3 cm³/mol. The molecule has 6 heteroatoms. The number of halogens is 1. The van der Waals surface area contributed by atoms with Gasteiger partial charge in [-0.25, -0.2) is 9.37 Å². The van der Waals surface area contributed by atoms with Crippen molar-refractivity contribution in [2.75, 3.05) is 6.79 Å². The Kier molecular flexibility index (Phi) is 3.48. The van der Waals surface area contributed by atoms with E-state index in [0.29, 0.717) is 22.3 Å². The van der Waals surface area contributed by atoms with Crippen molar-refractivity contribution >= 4 is 22.9 Å². The van der Waals surface area contributed by atoms with Crippen molar-refractivity contribution in [3.63, 3.8) is 0 Å². The number of fused-ring (bicyclic) bond motifs is 2. The second-order valence-corrected chi connectivity index (χ2v) is 5.79. The van der Waals surface area contributed by atoms with E-state index in [2.05, 4.69) is 4.98 Å². The lowest BCUT2D eigenvalue weighted by Crippen LogP contribution is -2.14. The molecule has 0 spiro atoms. The van der Waals surface area contributed by atoms with Crippen LogP contribution in [0.5, 0.6) is 5.75 Å². The van der Waals surface area contributed by atoms with Gasteiger partial charge in [0.15, 0.2) is 12.4 Å². The number of aromatic nitrogens is 1. The molecule has 0 saturated heterocycles. The van der Waals surface area contributed by atoms with Crippen LogP contribution in [0.1, 0.15) is 11.1 Å². The highest BCUT2D eigenvalue weighted by Crippen LogP contribution is 2.34. The Hall–Kier alpha value is -2.05. The van der Waals surface area contributed by atoms with Crippen LogP contribution in [-0.2, 0) is 17.1 Å². The van der Waals surface area contributed by atoms with E-state index in [-0.39, 0.29) is 19.2 Å². The highest BCUT2D eigenvalue weighted by Gasteiger charge is 2.19. The number of benzene rings is 2. The molecule has 1 aliphatic heterocycles. The summed E-state index contributed by atoms with van der Waals surface area (Å²) < 4.78 is 30.0. The summed E-state index contributed by atoms with van der Waals surface area (Å²) in [5.41, 5.74) is 2.97. The van der Waals surface area contributed by atoms with Crippen LogP contribution in [0.2, 0.25) is 0 Å². The van der Waals surface area contributed by atoms with Crippen LogP contribution in [0.15, 0.2) is 46.0 Å². The molecule has 1 aliphatic rings. The molecule has 0 aliphatic carbocycles. The molecule has 0 N–H and O–H groups in total. The van der Waals surface area contributed by atoms with Gasteiger partial charge in [0.25, 0.3) is 5.22 Å². The summed E-state index contributed by atoms with van der Waals surface area (Å²) >= 11 is 1.46. The lowest BCUT2D eigenvalue weighted by Gasteiger charge is -2.20. The molecule has 0 bridgehead atoms. The molecule has 3 aromatic rings. The standard InChI is InChI=1S/C16H12FNO3S/c17-12-6-5-10(15-11(12)7-19-9-20-15)8-22-16-18-13-3-1-2-4-14(13)21-16/h1-6H,7-9H2. The number of rotatable bonds is 3. The number of nitrogens with zero attached hydrogens (tertiary/aromatic N) is 1. The second-order valence-electron chi connectivity index (χ2n) is 4.86. The predicted octanol–water partition coefficient (Wildman–Crippen LogP) is 4.13. The van der Waals surface area contributed by atoms with Gasteiger partial charge in [-0.3, -0.25) is 0 Å². The quantitative estimate of drug-likeness (QED) is 0.680. The third-order valence-electron chi connectivity index (χ3n) is 3.44. The minimum Gasteiger partial charge on any atom is -0.467 e. The van der Waals surface area contributed by atoms with E-state index in [1.807, 2.05) is 24.3 Å². The largest absolute Gasteiger partial charge is 0.467 e. The first-order valence-electron chi connectivity index (χ1n) is 6.80. The van der Waals surface area contributed by atoms with Gasteiger partial charge in [0.2, 0.25) is 0 Å². The van der Waals surface area contributed by atoms with Gasteiger partial charge in [0, 0.05) is 11.3 Å². The molecule has 0 radical (unpaired) electrons. The molecule has 22 heavy (non-hydrogen) atoms. The first-order valence-corrected chi connectivity index (χ1v) is 7.79. The van der Waals surface area contributed by atoms with Crippen LogP contribution in [0.25, 0.3) is 11.1 Å². The molecule has 2 heterocycles. The Morgan fingerprint density at radius 3 is 3.00 bits per heavy atom. The molecule has 0 saturated carbocycles. The number of thioether (sulfide) groups is 1. The number of oxazole rings is 1. The van der Waals surface area contributed by atoms with Gasteiger partial charge in [-0.1, -0.05) is 30.0 Å². The third-order valence-corrected chi connectivity index (χ3v) is 4.32. The summed E-state index contributed by atoms with van der Waals surface area (Å²) in [5, 5.41) is 0.589. The lowest BCUT2D eigenvalue weighted by atomic mass is 10.1. The van der Waals surface area contributed by atoms with Crippen LogP contribution >= 0.6 is 11.8 Å². The molecule has 0 fully saturated rings. The minimum atomic E-state index is -0.301. The maximum atomic E-state index is 13.8. The monoisotopic (exact) mass is 317 g/mol. The van der Waals surface area contributed by atoms with Gasteiger partial charge in [0.05, 0.1) is 12.2 Å². The summed E-state index contributed by atoms with van der Waals surface area (Å²) in [6.45, 7) is 0.388. The van der Waals surface area contributed by atoms with Crippen molar-refractivity contribution in [3.8, 4) is 5.75 Å². The first kappa shape index (κ1) is 13.6. The second kappa shape index (κ2) is 5.62. The van der Waals surface area contributed by atoms with Gasteiger partial charge in [-0.2, -0.15) is 0 Å². The molecule has 0 amide bonds. The van der Waals surface area contributed by atoms with Crippen LogP contribution in [0.4, 0.5) is 4.39 Å². The van der Waals surface area contributed by atoms with Crippen LogP contribution in [-0.4, -0.2) is 11.8 Å². The Balaban J connectivity index is 1.59. The van der Waals surface area contributed by atoms with Gasteiger partial charge in [0.1, 0.15) is 17.1 Å². The average Bonchev–Trinajstić information content (AvgIpc) is 2.97. The van der Waals surface area contributed by atoms with E-state index in [0.717, 1.165) is 16.7 Å². The van der Waals surface area contributed by atoms with Gasteiger partial charge >= 0.3 is 0 Å². The Bertz CT molecular complexity index is 800. The van der Waals surface area contributed by atoms with Crippen molar-refractivity contribution in [1.29, 1.82) is 0 Å². The molecule has 112 valence electrons. The Morgan fingerprint density at radius 1 is 1.18 bits per heavy atom. The third kappa shape index (κ3) is 2.44. The average molecular weight is 317 g/mol. The summed E-state index contributed by atoms with van der Waals surface area (Å²) in [6, 6.07) is 10.8. The van der Waals surface area contributed by atoms with Crippen LogP contribution in [0.3, 0.4) is 0 Å². The van der Waals surface area contributed by atoms with Gasteiger partial charge in [-0.15, -0.1) is 0 Å². The zero-order valence-corrected chi connectivity index (χ0v) is 12.4. The molecular weight excluding hydrogens is 305 g/mol. The number of ether oxygens (including phenoxy) is 2. The van der Waals surface area contributed by atoms with Gasteiger partial charge < -0.3 is 13.9 Å². The normalized spacial score (nSPS) is 13.9. The molecule has 4 rings (SSSR count). The number of para-hydroxylation sites is 2. The summed E-state index contributed by atoms with van der Waals surface area (Å²) in [6.07, 6.45) is 0. The molecule has 2 aromatic carbocycles. The summed E-state index contributed by atoms with van der Waals surface area (Å²) in [5.74, 6) is 0.871. The fraction of sp³-hybridized carbons (Fsp3) is 0.188. The smallest absolute Gasteiger partial charge is 0.257 e. The van der Waals surface area contributed by atoms with Crippen molar-refractivity contribution in [2.45, 2.75) is 17.6 Å². The van der Waals surface area contributed by atoms with Gasteiger partial charge in [-0.05, 0) is 18.2 Å². The SMILES string of the molecule is Fc1ccc(CSc2nc3ccccc3o2)c2c1COCO2. The molecule has 1 aromatic heterocycles. The van der Waals surface area contributed by atoms with E-state index in [1.165, 1.54) is 17.8 Å². The van der Waals surface area contributed by atoms with Crippen molar-refractivity contribution in [1.82, 2.24) is 4.98 Å². The van der Waals surface area contributed by atoms with E-state index < -0.39 is 0 Å².